The molecular weight excluding hydrogens is 605 g/mol. The minimum atomic E-state index is -4.85. The van der Waals surface area contributed by atoms with Crippen molar-refractivity contribution in [1.82, 2.24) is 14.9 Å². The summed E-state index contributed by atoms with van der Waals surface area (Å²) in [5.74, 6) is -1.32. The maximum Gasteiger partial charge on any atom is 0.573 e. The number of carbonyl (C=O) groups is 1. The van der Waals surface area contributed by atoms with E-state index in [2.05, 4.69) is 17.9 Å². The van der Waals surface area contributed by atoms with E-state index >= 15 is 4.39 Å². The number of nitrogen functional groups attached to an aromatic ring is 1. The van der Waals surface area contributed by atoms with Crippen molar-refractivity contribution in [3.8, 4) is 5.75 Å². The van der Waals surface area contributed by atoms with E-state index in [1.165, 1.54) is 12.3 Å². The first-order chi connectivity index (χ1) is 17.6. The molecule has 1 aliphatic carbocycles. The number of aromatic amines is 1. The number of nitrogens with zero attached hydrogens (tertiary/aromatic N) is 3. The molecule has 2 aliphatic rings. The number of hydrogen-bond acceptors (Lipinski definition) is 5. The quantitative estimate of drug-likeness (QED) is 0.164. The fraction of sp³-hybridized carbons (Fsp3) is 0.400. The van der Waals surface area contributed by atoms with Gasteiger partial charge >= 0.3 is 6.36 Å². The molecule has 5 rings (SSSR count). The Hall–Kier alpha value is -2.90. The zero-order chi connectivity index (χ0) is 26.3. The lowest BCUT2D eigenvalue weighted by Gasteiger charge is -2.33. The molecule has 0 atom stereocenters. The molecule has 3 aromatic rings. The summed E-state index contributed by atoms with van der Waals surface area (Å²) in [6, 6.07) is 3.29. The van der Waals surface area contributed by atoms with Gasteiger partial charge in [-0.15, -0.1) is 13.2 Å². The summed E-state index contributed by atoms with van der Waals surface area (Å²) in [4.78, 5) is 22.4. The number of aromatic nitrogens is 2. The van der Waals surface area contributed by atoms with Crippen molar-refractivity contribution in [3.63, 3.8) is 0 Å². The van der Waals surface area contributed by atoms with Crippen LogP contribution in [0.4, 0.5) is 23.2 Å². The molecule has 3 heterocycles. The van der Waals surface area contributed by atoms with Gasteiger partial charge in [0.15, 0.2) is 0 Å². The molecule has 1 aliphatic heterocycles. The summed E-state index contributed by atoms with van der Waals surface area (Å²) in [7, 11) is 0. The van der Waals surface area contributed by atoms with E-state index < -0.39 is 12.1 Å². The number of nitrogens with one attached hydrogen (secondary N) is 1. The van der Waals surface area contributed by atoms with Crippen LogP contribution in [0.2, 0.25) is 0 Å². The zero-order valence-corrected chi connectivity index (χ0v) is 21.8. The maximum atomic E-state index is 15.2. The Kier molecular flexibility index (Phi) is 7.03. The Labute approximate surface area is 224 Å². The van der Waals surface area contributed by atoms with E-state index in [-0.39, 0.29) is 28.9 Å². The van der Waals surface area contributed by atoms with Crippen molar-refractivity contribution in [2.45, 2.75) is 50.8 Å². The van der Waals surface area contributed by atoms with Gasteiger partial charge in [0.1, 0.15) is 17.2 Å². The number of rotatable bonds is 3. The third-order valence-corrected chi connectivity index (χ3v) is 7.81. The SMILES string of the molecule is Nc1cc(OC(F)(F)F)ccc1C(=O)N1CCC(c2c(F)cnc3[nH]c4c(c23)CC/C(=N/I)CC4)CC1. The Balaban J connectivity index is 1.35. The largest absolute Gasteiger partial charge is 0.573 e. The van der Waals surface area contributed by atoms with Gasteiger partial charge in [0.25, 0.3) is 5.91 Å². The van der Waals surface area contributed by atoms with Crippen molar-refractivity contribution in [2.24, 2.45) is 3.21 Å². The predicted octanol–water partition coefficient (Wildman–Crippen LogP) is 5.87. The summed E-state index contributed by atoms with van der Waals surface area (Å²) in [6.45, 7) is 0.733. The number of aryl methyl sites for hydroxylation is 2. The molecule has 0 bridgehead atoms. The predicted molar refractivity (Wildman–Crippen MR) is 140 cm³/mol. The summed E-state index contributed by atoms with van der Waals surface area (Å²) in [5.41, 5.74) is 10.5. The zero-order valence-electron chi connectivity index (χ0n) is 19.7. The number of nitrogens with two attached hydrogens (primary N) is 1. The van der Waals surface area contributed by atoms with E-state index in [4.69, 9.17) is 5.73 Å². The van der Waals surface area contributed by atoms with Gasteiger partial charge in [-0.1, -0.05) is 0 Å². The highest BCUT2D eigenvalue weighted by Crippen LogP contribution is 2.39. The minimum absolute atomic E-state index is 0.0970. The fourth-order valence-corrected chi connectivity index (χ4v) is 5.87. The molecule has 12 heteroatoms. The first-order valence-electron chi connectivity index (χ1n) is 11.9. The Morgan fingerprint density at radius 1 is 1.19 bits per heavy atom. The lowest BCUT2D eigenvalue weighted by molar-refractivity contribution is -0.274. The second-order valence-electron chi connectivity index (χ2n) is 9.34. The van der Waals surface area contributed by atoms with Crippen molar-refractivity contribution >= 4 is 51.2 Å². The number of fused-ring (bicyclic) bond motifs is 3. The molecule has 37 heavy (non-hydrogen) atoms. The van der Waals surface area contributed by atoms with E-state index in [0.717, 1.165) is 60.2 Å². The summed E-state index contributed by atoms with van der Waals surface area (Å²) in [5, 5.41) is 0.846. The van der Waals surface area contributed by atoms with E-state index in [0.29, 0.717) is 37.1 Å². The third kappa shape index (κ3) is 5.25. The van der Waals surface area contributed by atoms with Crippen molar-refractivity contribution in [1.29, 1.82) is 0 Å². The maximum absolute atomic E-state index is 15.2. The van der Waals surface area contributed by atoms with Crippen LogP contribution in [-0.4, -0.2) is 45.9 Å². The van der Waals surface area contributed by atoms with E-state index in [1.807, 2.05) is 22.9 Å². The topological polar surface area (TPSA) is 96.6 Å². The van der Waals surface area contributed by atoms with Crippen molar-refractivity contribution in [3.05, 3.63) is 52.6 Å². The smallest absolute Gasteiger partial charge is 0.406 e. The molecule has 0 radical (unpaired) electrons. The van der Waals surface area contributed by atoms with Gasteiger partial charge in [0, 0.05) is 47.2 Å². The van der Waals surface area contributed by atoms with Crippen LogP contribution in [0.5, 0.6) is 5.75 Å². The highest BCUT2D eigenvalue weighted by Gasteiger charge is 2.33. The number of carbonyl (C=O) groups excluding carboxylic acids is 1. The molecule has 1 fully saturated rings. The van der Waals surface area contributed by atoms with E-state index in [9.17, 15) is 18.0 Å². The Morgan fingerprint density at radius 3 is 2.59 bits per heavy atom. The van der Waals surface area contributed by atoms with Gasteiger partial charge in [0.05, 0.1) is 34.6 Å². The van der Waals surface area contributed by atoms with Crippen LogP contribution in [0, 0.1) is 5.82 Å². The molecule has 0 unspecified atom stereocenters. The molecule has 7 nitrogen and oxygen atoms in total. The first kappa shape index (κ1) is 25.7. The molecule has 1 aromatic carbocycles. The molecule has 0 spiro atoms. The van der Waals surface area contributed by atoms with Crippen LogP contribution < -0.4 is 10.5 Å². The number of halogens is 5. The highest BCUT2D eigenvalue weighted by molar-refractivity contribution is 14.1. The molecule has 0 saturated carbocycles. The molecule has 1 saturated heterocycles. The molecular formula is C25H24F4IN5O2. The van der Waals surface area contributed by atoms with Gasteiger partial charge in [-0.25, -0.2) is 12.6 Å². The van der Waals surface area contributed by atoms with Gasteiger partial charge in [-0.2, -0.15) is 0 Å². The van der Waals surface area contributed by atoms with Gasteiger partial charge in [-0.05, 0) is 62.1 Å². The lowest BCUT2D eigenvalue weighted by Crippen LogP contribution is -2.38. The summed E-state index contributed by atoms with van der Waals surface area (Å²) >= 11 is 2.02. The second kappa shape index (κ2) is 10.1. The molecule has 3 N–H and O–H groups in total. The first-order valence-corrected chi connectivity index (χ1v) is 12.9. The van der Waals surface area contributed by atoms with Crippen LogP contribution in [0.15, 0.2) is 27.6 Å². The number of amides is 1. The van der Waals surface area contributed by atoms with Crippen molar-refractivity contribution in [2.75, 3.05) is 18.8 Å². The minimum Gasteiger partial charge on any atom is -0.406 e. The average molecular weight is 629 g/mol. The number of piperidine rings is 1. The Bertz CT molecular complexity index is 1380. The van der Waals surface area contributed by atoms with E-state index in [1.54, 1.807) is 4.90 Å². The molecule has 196 valence electrons. The van der Waals surface area contributed by atoms with Gasteiger partial charge < -0.3 is 20.4 Å². The Morgan fingerprint density at radius 2 is 1.92 bits per heavy atom. The monoisotopic (exact) mass is 629 g/mol. The number of ether oxygens (including phenoxy) is 1. The number of pyridine rings is 1. The van der Waals surface area contributed by atoms with Crippen LogP contribution >= 0.6 is 22.9 Å². The normalized spacial score (nSPS) is 18.2. The number of likely N-dealkylation sites (tertiary alicyclic amines) is 1. The average Bonchev–Trinajstić information content (AvgIpc) is 3.07. The number of hydrogen-bond donors (Lipinski definition) is 2. The second-order valence-corrected chi connectivity index (χ2v) is 9.82. The summed E-state index contributed by atoms with van der Waals surface area (Å²) in [6.07, 6.45) is 0.725. The lowest BCUT2D eigenvalue weighted by atomic mass is 9.86. The van der Waals surface area contributed by atoms with Gasteiger partial charge in [0.2, 0.25) is 0 Å². The van der Waals surface area contributed by atoms with Gasteiger partial charge in [-0.3, -0.25) is 4.79 Å². The van der Waals surface area contributed by atoms with Crippen LogP contribution in [0.25, 0.3) is 11.0 Å². The van der Waals surface area contributed by atoms with Crippen LogP contribution in [-0.2, 0) is 12.8 Å². The fourth-order valence-electron chi connectivity index (χ4n) is 5.38. The molecule has 1 amide bonds. The van der Waals surface area contributed by atoms with Crippen molar-refractivity contribution < 1.29 is 27.1 Å². The number of anilines is 1. The summed E-state index contributed by atoms with van der Waals surface area (Å²) < 4.78 is 60.9. The van der Waals surface area contributed by atoms with Crippen LogP contribution in [0.1, 0.15) is 58.8 Å². The number of benzene rings is 1. The third-order valence-electron chi connectivity index (χ3n) is 7.13. The number of H-pyrrole nitrogens is 1. The highest BCUT2D eigenvalue weighted by atomic mass is 127. The number of alkyl halides is 3. The van der Waals surface area contributed by atoms with Crippen LogP contribution in [0.3, 0.4) is 0 Å². The standard InChI is InChI=1S/C25H24F4IN5O2/c26-18-12-32-23-22(17-4-1-14(34-30)2-6-20(17)33-23)21(18)13-7-9-35(10-8-13)24(36)16-5-3-15(11-19(16)31)37-25(27,28)29/h3,5,11-13H,1-2,4,6-10,31H2,(H,32,33)/b34-14-. The molecule has 2 aromatic heterocycles.